The number of benzene rings is 1. The lowest BCUT2D eigenvalue weighted by atomic mass is 9.98. The molecule has 1 amide bonds. The molecule has 0 spiro atoms. The van der Waals surface area contributed by atoms with E-state index in [4.69, 9.17) is 16.7 Å². The zero-order valence-electron chi connectivity index (χ0n) is 11.8. The summed E-state index contributed by atoms with van der Waals surface area (Å²) in [6, 6.07) is 4.29. The van der Waals surface area contributed by atoms with Gasteiger partial charge in [0, 0.05) is 5.92 Å². The molecule has 5 heteroatoms. The molecule has 110 valence electrons. The van der Waals surface area contributed by atoms with Gasteiger partial charge in [0.05, 0.1) is 16.3 Å². The summed E-state index contributed by atoms with van der Waals surface area (Å²) >= 11 is 5.99. The summed E-state index contributed by atoms with van der Waals surface area (Å²) in [5, 5.41) is 11.9. The van der Waals surface area contributed by atoms with E-state index in [9.17, 15) is 9.59 Å². The van der Waals surface area contributed by atoms with Crippen molar-refractivity contribution in [2.24, 2.45) is 5.92 Å². The van der Waals surface area contributed by atoms with Crippen molar-refractivity contribution >= 4 is 29.2 Å². The number of rotatable bonds is 7. The summed E-state index contributed by atoms with van der Waals surface area (Å²) in [6.45, 7) is 4.07. The number of carboxylic acid groups (broad SMARTS) is 1. The zero-order chi connectivity index (χ0) is 15.1. The normalized spacial score (nSPS) is 11.9. The van der Waals surface area contributed by atoms with Crippen LogP contribution in [0, 0.1) is 5.92 Å². The largest absolute Gasteiger partial charge is 0.478 e. The lowest BCUT2D eigenvalue weighted by molar-refractivity contribution is -0.120. The summed E-state index contributed by atoms with van der Waals surface area (Å²) in [7, 11) is 0. The minimum Gasteiger partial charge on any atom is -0.478 e. The van der Waals surface area contributed by atoms with E-state index in [0.29, 0.717) is 5.69 Å². The van der Waals surface area contributed by atoms with E-state index in [0.717, 1.165) is 25.7 Å². The quantitative estimate of drug-likeness (QED) is 0.793. The number of halogens is 1. The molecule has 0 heterocycles. The maximum atomic E-state index is 12.1. The molecule has 0 aliphatic rings. The van der Waals surface area contributed by atoms with Gasteiger partial charge in [-0.2, -0.15) is 0 Å². The van der Waals surface area contributed by atoms with Gasteiger partial charge in [0.25, 0.3) is 0 Å². The van der Waals surface area contributed by atoms with E-state index in [2.05, 4.69) is 12.2 Å². The van der Waals surface area contributed by atoms with Gasteiger partial charge >= 0.3 is 5.97 Å². The van der Waals surface area contributed by atoms with Gasteiger partial charge < -0.3 is 10.4 Å². The van der Waals surface area contributed by atoms with Crippen molar-refractivity contribution in [1.82, 2.24) is 0 Å². The maximum Gasteiger partial charge on any atom is 0.335 e. The Bertz CT molecular complexity index is 488. The second-order valence-corrected chi connectivity index (χ2v) is 5.14. The molecule has 4 nitrogen and oxygen atoms in total. The summed E-state index contributed by atoms with van der Waals surface area (Å²) in [5.74, 6) is -1.14. The van der Waals surface area contributed by atoms with Crippen molar-refractivity contribution in [3.8, 4) is 0 Å². The first-order valence-corrected chi connectivity index (χ1v) is 7.21. The maximum absolute atomic E-state index is 12.1. The molecule has 0 aliphatic carbocycles. The third-order valence-corrected chi connectivity index (χ3v) is 3.56. The highest BCUT2D eigenvalue weighted by Crippen LogP contribution is 2.24. The molecule has 20 heavy (non-hydrogen) atoms. The standard InChI is InChI=1S/C15H20ClNO3/c1-3-5-6-10(4-2)14(18)17-13-8-7-11(15(19)20)9-12(13)16/h7-10H,3-6H2,1-2H3,(H,17,18)(H,19,20). The number of unbranched alkanes of at least 4 members (excludes halogenated alkanes) is 1. The molecule has 1 aromatic carbocycles. The fourth-order valence-electron chi connectivity index (χ4n) is 1.96. The van der Waals surface area contributed by atoms with Crippen molar-refractivity contribution in [3.63, 3.8) is 0 Å². The molecule has 0 aliphatic heterocycles. The van der Waals surface area contributed by atoms with Gasteiger partial charge in [-0.1, -0.05) is 38.3 Å². The van der Waals surface area contributed by atoms with E-state index >= 15 is 0 Å². The first kappa shape index (κ1) is 16.5. The number of aromatic carboxylic acids is 1. The topological polar surface area (TPSA) is 66.4 Å². The summed E-state index contributed by atoms with van der Waals surface area (Å²) in [6.07, 6.45) is 3.69. The molecule has 1 unspecified atom stereocenters. The third-order valence-electron chi connectivity index (χ3n) is 3.24. The molecule has 2 N–H and O–H groups in total. The first-order chi connectivity index (χ1) is 9.49. The highest BCUT2D eigenvalue weighted by Gasteiger charge is 2.17. The number of amides is 1. The highest BCUT2D eigenvalue weighted by atomic mass is 35.5. The fraction of sp³-hybridized carbons (Fsp3) is 0.467. The van der Waals surface area contributed by atoms with Crippen LogP contribution in [-0.4, -0.2) is 17.0 Å². The zero-order valence-corrected chi connectivity index (χ0v) is 12.5. The monoisotopic (exact) mass is 297 g/mol. The molecule has 1 aromatic rings. The van der Waals surface area contributed by atoms with Crippen LogP contribution in [0.25, 0.3) is 0 Å². The summed E-state index contributed by atoms with van der Waals surface area (Å²) in [5.41, 5.74) is 0.558. The number of hydrogen-bond donors (Lipinski definition) is 2. The Balaban J connectivity index is 2.76. The third kappa shape index (κ3) is 4.53. The number of carbonyl (C=O) groups is 2. The minimum absolute atomic E-state index is 0.0369. The number of carbonyl (C=O) groups excluding carboxylic acids is 1. The van der Waals surface area contributed by atoms with Crippen LogP contribution in [0.2, 0.25) is 5.02 Å². The summed E-state index contributed by atoms with van der Waals surface area (Å²) in [4.78, 5) is 22.9. The predicted octanol–water partition coefficient (Wildman–Crippen LogP) is 4.19. The molecule has 0 saturated carbocycles. The first-order valence-electron chi connectivity index (χ1n) is 6.83. The molecular weight excluding hydrogens is 278 g/mol. The van der Waals surface area contributed by atoms with E-state index in [1.54, 1.807) is 0 Å². The lowest BCUT2D eigenvalue weighted by Gasteiger charge is -2.15. The Morgan fingerprint density at radius 1 is 1.35 bits per heavy atom. The molecular formula is C15H20ClNO3. The van der Waals surface area contributed by atoms with Crippen LogP contribution < -0.4 is 5.32 Å². The van der Waals surface area contributed by atoms with Gasteiger partial charge in [0.15, 0.2) is 0 Å². The van der Waals surface area contributed by atoms with Crippen LogP contribution in [0.3, 0.4) is 0 Å². The Kier molecular flexibility index (Phi) is 6.52. The van der Waals surface area contributed by atoms with E-state index in [-0.39, 0.29) is 22.4 Å². The van der Waals surface area contributed by atoms with Crippen LogP contribution in [0.1, 0.15) is 49.9 Å². The van der Waals surface area contributed by atoms with Crippen LogP contribution in [0.4, 0.5) is 5.69 Å². The van der Waals surface area contributed by atoms with Gasteiger partial charge in [-0.3, -0.25) is 4.79 Å². The molecule has 0 bridgehead atoms. The average molecular weight is 298 g/mol. The SMILES string of the molecule is CCCCC(CC)C(=O)Nc1ccc(C(=O)O)cc1Cl. The van der Waals surface area contributed by atoms with Crippen LogP contribution in [0.15, 0.2) is 18.2 Å². The number of anilines is 1. The molecule has 1 atom stereocenters. The lowest BCUT2D eigenvalue weighted by Crippen LogP contribution is -2.22. The Morgan fingerprint density at radius 3 is 2.55 bits per heavy atom. The smallest absolute Gasteiger partial charge is 0.335 e. The Labute approximate surface area is 124 Å². The second kappa shape index (κ2) is 7.90. The van der Waals surface area contributed by atoms with E-state index < -0.39 is 5.97 Å². The molecule has 0 aromatic heterocycles. The predicted molar refractivity (Wildman–Crippen MR) is 80.3 cm³/mol. The summed E-state index contributed by atoms with van der Waals surface area (Å²) < 4.78 is 0. The van der Waals surface area contributed by atoms with E-state index in [1.807, 2.05) is 6.92 Å². The molecule has 1 rings (SSSR count). The van der Waals surface area contributed by atoms with Crippen LogP contribution >= 0.6 is 11.6 Å². The second-order valence-electron chi connectivity index (χ2n) is 4.74. The van der Waals surface area contributed by atoms with Gasteiger partial charge in [0.2, 0.25) is 5.91 Å². The molecule has 0 fully saturated rings. The van der Waals surface area contributed by atoms with Gasteiger partial charge in [-0.15, -0.1) is 0 Å². The molecule has 0 saturated heterocycles. The van der Waals surface area contributed by atoms with Crippen molar-refractivity contribution < 1.29 is 14.7 Å². The number of hydrogen-bond acceptors (Lipinski definition) is 2. The fourth-order valence-corrected chi connectivity index (χ4v) is 2.18. The van der Waals surface area contributed by atoms with Gasteiger partial charge in [0.1, 0.15) is 0 Å². The average Bonchev–Trinajstić information content (AvgIpc) is 2.41. The van der Waals surface area contributed by atoms with Gasteiger partial charge in [-0.05, 0) is 31.0 Å². The van der Waals surface area contributed by atoms with Crippen molar-refractivity contribution in [1.29, 1.82) is 0 Å². The Hall–Kier alpha value is -1.55. The highest BCUT2D eigenvalue weighted by molar-refractivity contribution is 6.34. The van der Waals surface area contributed by atoms with Crippen molar-refractivity contribution in [3.05, 3.63) is 28.8 Å². The number of nitrogens with one attached hydrogen (secondary N) is 1. The Morgan fingerprint density at radius 2 is 2.05 bits per heavy atom. The number of carboxylic acids is 1. The molecule has 0 radical (unpaired) electrons. The van der Waals surface area contributed by atoms with Crippen LogP contribution in [0.5, 0.6) is 0 Å². The van der Waals surface area contributed by atoms with E-state index in [1.165, 1.54) is 18.2 Å². The van der Waals surface area contributed by atoms with Crippen molar-refractivity contribution in [2.75, 3.05) is 5.32 Å². The van der Waals surface area contributed by atoms with Crippen molar-refractivity contribution in [2.45, 2.75) is 39.5 Å². The van der Waals surface area contributed by atoms with Crippen LogP contribution in [-0.2, 0) is 4.79 Å². The van der Waals surface area contributed by atoms with Gasteiger partial charge in [-0.25, -0.2) is 4.79 Å². The minimum atomic E-state index is -1.04.